The molecule has 20 heavy (non-hydrogen) atoms. The molecule has 3 rings (SSSR count). The summed E-state index contributed by atoms with van der Waals surface area (Å²) < 4.78 is 6.95. The van der Waals surface area contributed by atoms with Crippen molar-refractivity contribution in [2.45, 2.75) is 19.8 Å². The molecule has 1 aliphatic heterocycles. The molecule has 1 unspecified atom stereocenters. The van der Waals surface area contributed by atoms with Crippen molar-refractivity contribution in [3.8, 4) is 0 Å². The van der Waals surface area contributed by atoms with Gasteiger partial charge < -0.3 is 9.64 Å². The Kier molecular flexibility index (Phi) is 3.49. The molecule has 1 aliphatic rings. The maximum atomic E-state index is 11.9. The highest BCUT2D eigenvalue weighted by Gasteiger charge is 2.28. The second-order valence-corrected chi connectivity index (χ2v) is 4.85. The zero-order valence-corrected chi connectivity index (χ0v) is 11.4. The lowest BCUT2D eigenvalue weighted by Gasteiger charge is -2.32. The zero-order valence-electron chi connectivity index (χ0n) is 11.4. The van der Waals surface area contributed by atoms with Gasteiger partial charge in [0.15, 0.2) is 5.82 Å². The lowest BCUT2D eigenvalue weighted by molar-refractivity contribution is -0.148. The van der Waals surface area contributed by atoms with Gasteiger partial charge >= 0.3 is 5.97 Å². The molecule has 0 N–H and O–H groups in total. The zero-order chi connectivity index (χ0) is 13.9. The number of hydrogen-bond acceptors (Lipinski definition) is 6. The average Bonchev–Trinajstić information content (AvgIpc) is 2.96. The largest absolute Gasteiger partial charge is 0.466 e. The molecular formula is C13H17N5O2. The Labute approximate surface area is 116 Å². The van der Waals surface area contributed by atoms with E-state index in [4.69, 9.17) is 4.74 Å². The Morgan fingerprint density at radius 3 is 3.30 bits per heavy atom. The van der Waals surface area contributed by atoms with Crippen LogP contribution in [0.5, 0.6) is 0 Å². The molecule has 0 aromatic carbocycles. The molecule has 0 spiro atoms. The normalized spacial score (nSPS) is 19.2. The van der Waals surface area contributed by atoms with E-state index in [1.165, 1.54) is 0 Å². The number of aromatic nitrogens is 4. The lowest BCUT2D eigenvalue weighted by atomic mass is 9.98. The molecular weight excluding hydrogens is 258 g/mol. The van der Waals surface area contributed by atoms with Gasteiger partial charge in [-0.3, -0.25) is 9.20 Å². The summed E-state index contributed by atoms with van der Waals surface area (Å²) in [5.74, 6) is 0.568. The summed E-state index contributed by atoms with van der Waals surface area (Å²) in [5, 5.41) is 7.99. The molecule has 0 aliphatic carbocycles. The van der Waals surface area contributed by atoms with E-state index in [-0.39, 0.29) is 11.9 Å². The summed E-state index contributed by atoms with van der Waals surface area (Å²) >= 11 is 0. The maximum absolute atomic E-state index is 11.9. The van der Waals surface area contributed by atoms with Crippen molar-refractivity contribution in [2.24, 2.45) is 5.92 Å². The molecule has 1 atom stereocenters. The van der Waals surface area contributed by atoms with E-state index in [0.29, 0.717) is 13.2 Å². The van der Waals surface area contributed by atoms with Crippen LogP contribution in [0.15, 0.2) is 18.7 Å². The maximum Gasteiger partial charge on any atom is 0.310 e. The van der Waals surface area contributed by atoms with Crippen molar-refractivity contribution < 1.29 is 9.53 Å². The smallest absolute Gasteiger partial charge is 0.310 e. The number of fused-ring (bicyclic) bond motifs is 1. The third kappa shape index (κ3) is 2.31. The van der Waals surface area contributed by atoms with Gasteiger partial charge in [0.1, 0.15) is 6.33 Å². The quantitative estimate of drug-likeness (QED) is 0.775. The van der Waals surface area contributed by atoms with Gasteiger partial charge in [-0.15, -0.1) is 10.2 Å². The summed E-state index contributed by atoms with van der Waals surface area (Å²) in [4.78, 5) is 18.4. The predicted octanol–water partition coefficient (Wildman–Crippen LogP) is 0.904. The highest BCUT2D eigenvalue weighted by atomic mass is 16.5. The van der Waals surface area contributed by atoms with Gasteiger partial charge in [-0.1, -0.05) is 0 Å². The van der Waals surface area contributed by atoms with E-state index in [1.807, 2.05) is 17.5 Å². The molecule has 0 saturated carbocycles. The summed E-state index contributed by atoms with van der Waals surface area (Å²) in [6, 6.07) is 0. The number of carbonyl (C=O) groups is 1. The van der Waals surface area contributed by atoms with Crippen LogP contribution in [0.25, 0.3) is 5.65 Å². The molecule has 2 aromatic rings. The van der Waals surface area contributed by atoms with Crippen molar-refractivity contribution in [1.82, 2.24) is 19.6 Å². The molecule has 1 fully saturated rings. The van der Waals surface area contributed by atoms with E-state index >= 15 is 0 Å². The second kappa shape index (κ2) is 5.44. The molecule has 7 nitrogen and oxygen atoms in total. The molecule has 106 valence electrons. The summed E-state index contributed by atoms with van der Waals surface area (Å²) in [6.45, 7) is 3.75. The third-order valence-corrected chi connectivity index (χ3v) is 3.54. The molecule has 3 heterocycles. The van der Waals surface area contributed by atoms with E-state index in [1.54, 1.807) is 12.5 Å². The van der Waals surface area contributed by atoms with Crippen LogP contribution in [-0.2, 0) is 9.53 Å². The Hall–Kier alpha value is -2.18. The van der Waals surface area contributed by atoms with Crippen LogP contribution < -0.4 is 4.90 Å². The van der Waals surface area contributed by atoms with E-state index < -0.39 is 0 Å². The molecule has 0 bridgehead atoms. The first-order valence-corrected chi connectivity index (χ1v) is 6.85. The number of rotatable bonds is 3. The molecule has 7 heteroatoms. The molecule has 2 aromatic heterocycles. The second-order valence-electron chi connectivity index (χ2n) is 4.85. The van der Waals surface area contributed by atoms with E-state index in [0.717, 1.165) is 30.9 Å². The highest BCUT2D eigenvalue weighted by molar-refractivity contribution is 5.74. The first kappa shape index (κ1) is 12.8. The minimum Gasteiger partial charge on any atom is -0.466 e. The SMILES string of the molecule is CCOC(=O)C1CCCN(c2nccn3cnnc23)C1. The van der Waals surface area contributed by atoms with Crippen molar-refractivity contribution in [3.63, 3.8) is 0 Å². The molecule has 0 radical (unpaired) electrons. The number of esters is 1. The molecule has 0 amide bonds. The summed E-state index contributed by atoms with van der Waals surface area (Å²) in [5.41, 5.74) is 0.719. The van der Waals surface area contributed by atoms with E-state index in [9.17, 15) is 4.79 Å². The third-order valence-electron chi connectivity index (χ3n) is 3.54. The first-order valence-electron chi connectivity index (χ1n) is 6.85. The fourth-order valence-corrected chi connectivity index (χ4v) is 2.59. The fourth-order valence-electron chi connectivity index (χ4n) is 2.59. The van der Waals surface area contributed by atoms with Crippen LogP contribution in [0, 0.1) is 5.92 Å². The number of nitrogens with zero attached hydrogens (tertiary/aromatic N) is 5. The van der Waals surface area contributed by atoms with Crippen LogP contribution in [0.2, 0.25) is 0 Å². The Bertz CT molecular complexity index is 612. The van der Waals surface area contributed by atoms with Crippen LogP contribution in [0.4, 0.5) is 5.82 Å². The van der Waals surface area contributed by atoms with Crippen LogP contribution in [0.1, 0.15) is 19.8 Å². The summed E-state index contributed by atoms with van der Waals surface area (Å²) in [6.07, 6.45) is 6.99. The lowest BCUT2D eigenvalue weighted by Crippen LogP contribution is -2.40. The van der Waals surface area contributed by atoms with Crippen LogP contribution in [0.3, 0.4) is 0 Å². The number of ether oxygens (including phenoxy) is 1. The van der Waals surface area contributed by atoms with Gasteiger partial charge in [-0.25, -0.2) is 4.98 Å². The number of carbonyl (C=O) groups excluding carboxylic acids is 1. The topological polar surface area (TPSA) is 72.6 Å². The first-order chi connectivity index (χ1) is 9.79. The van der Waals surface area contributed by atoms with Gasteiger partial charge in [0.2, 0.25) is 5.65 Å². The predicted molar refractivity (Wildman–Crippen MR) is 72.4 cm³/mol. The Balaban J connectivity index is 1.83. The number of anilines is 1. The van der Waals surface area contributed by atoms with Gasteiger partial charge in [0, 0.05) is 25.5 Å². The Morgan fingerprint density at radius 1 is 1.55 bits per heavy atom. The number of hydrogen-bond donors (Lipinski definition) is 0. The standard InChI is InChI=1S/C13H17N5O2/c1-2-20-13(19)10-4-3-6-17(8-10)11-12-16-15-9-18(12)7-5-14-11/h5,7,9-10H,2-4,6,8H2,1H3. The van der Waals surface area contributed by atoms with E-state index in [2.05, 4.69) is 20.1 Å². The van der Waals surface area contributed by atoms with Gasteiger partial charge in [0.05, 0.1) is 12.5 Å². The van der Waals surface area contributed by atoms with Gasteiger partial charge in [-0.2, -0.15) is 0 Å². The van der Waals surface area contributed by atoms with Gasteiger partial charge in [-0.05, 0) is 19.8 Å². The fraction of sp³-hybridized carbons (Fsp3) is 0.538. The highest BCUT2D eigenvalue weighted by Crippen LogP contribution is 2.24. The molecule has 1 saturated heterocycles. The minimum atomic E-state index is -0.120. The van der Waals surface area contributed by atoms with Crippen molar-refractivity contribution >= 4 is 17.4 Å². The van der Waals surface area contributed by atoms with Crippen LogP contribution in [-0.4, -0.2) is 45.2 Å². The van der Waals surface area contributed by atoms with Crippen molar-refractivity contribution in [1.29, 1.82) is 0 Å². The van der Waals surface area contributed by atoms with Crippen LogP contribution >= 0.6 is 0 Å². The van der Waals surface area contributed by atoms with Gasteiger partial charge in [0.25, 0.3) is 0 Å². The minimum absolute atomic E-state index is 0.0892. The number of piperidine rings is 1. The van der Waals surface area contributed by atoms with Crippen molar-refractivity contribution in [2.75, 3.05) is 24.6 Å². The average molecular weight is 275 g/mol. The Morgan fingerprint density at radius 2 is 2.45 bits per heavy atom. The monoisotopic (exact) mass is 275 g/mol. The van der Waals surface area contributed by atoms with Crippen molar-refractivity contribution in [3.05, 3.63) is 18.7 Å². The summed E-state index contributed by atoms with van der Waals surface area (Å²) in [7, 11) is 0.